The number of methoxy groups -OCH3 is 2. The molecule has 0 aliphatic carbocycles. The highest BCUT2D eigenvalue weighted by Gasteiger charge is 2.36. The maximum absolute atomic E-state index is 13.3. The van der Waals surface area contributed by atoms with Gasteiger partial charge < -0.3 is 14.4 Å². The van der Waals surface area contributed by atoms with E-state index >= 15 is 0 Å². The van der Waals surface area contributed by atoms with E-state index in [-0.39, 0.29) is 18.0 Å². The number of non-ortho nitro benzene ring substituents is 1. The fraction of sp³-hybridized carbons (Fsp3) is 0.174. The van der Waals surface area contributed by atoms with Crippen molar-refractivity contribution in [3.05, 3.63) is 92.5 Å². The second-order valence-corrected chi connectivity index (χ2v) is 7.51. The average molecular weight is 439 g/mol. The fourth-order valence-corrected chi connectivity index (χ4v) is 4.00. The van der Waals surface area contributed by atoms with Crippen molar-refractivity contribution in [3.8, 4) is 11.5 Å². The summed E-state index contributed by atoms with van der Waals surface area (Å²) < 4.78 is 10.9. The van der Waals surface area contributed by atoms with Crippen molar-refractivity contribution in [2.75, 3.05) is 19.1 Å². The molecular weight excluding hydrogens is 420 g/mol. The lowest BCUT2D eigenvalue weighted by molar-refractivity contribution is -0.384. The number of hydrogen-bond acceptors (Lipinski definition) is 5. The van der Waals surface area contributed by atoms with Crippen molar-refractivity contribution in [2.24, 2.45) is 0 Å². The van der Waals surface area contributed by atoms with E-state index in [9.17, 15) is 14.9 Å². The first-order chi connectivity index (χ1) is 14.9. The van der Waals surface area contributed by atoms with Crippen molar-refractivity contribution >= 4 is 28.9 Å². The second kappa shape index (κ2) is 8.28. The summed E-state index contributed by atoms with van der Waals surface area (Å²) in [6.45, 7) is 0. The minimum Gasteiger partial charge on any atom is -0.493 e. The van der Waals surface area contributed by atoms with E-state index < -0.39 is 11.0 Å². The molecule has 1 amide bonds. The summed E-state index contributed by atoms with van der Waals surface area (Å²) in [6, 6.07) is 16.5. The molecule has 0 spiro atoms. The number of carbonyl (C=O) groups is 1. The topological polar surface area (TPSA) is 81.9 Å². The molecule has 3 aromatic carbocycles. The van der Waals surface area contributed by atoms with Crippen molar-refractivity contribution in [1.82, 2.24) is 0 Å². The van der Waals surface area contributed by atoms with Crippen LogP contribution in [0.5, 0.6) is 11.5 Å². The molecule has 158 valence electrons. The molecule has 0 N–H and O–H groups in total. The number of nitrogens with zero attached hydrogens (tertiary/aromatic N) is 2. The molecule has 0 bridgehead atoms. The second-order valence-electron chi connectivity index (χ2n) is 7.07. The molecule has 0 radical (unpaired) electrons. The van der Waals surface area contributed by atoms with Crippen LogP contribution in [0.4, 0.5) is 11.4 Å². The van der Waals surface area contributed by atoms with Crippen LogP contribution < -0.4 is 14.4 Å². The molecule has 1 aliphatic rings. The average Bonchev–Trinajstić information content (AvgIpc) is 2.78. The van der Waals surface area contributed by atoms with Gasteiger partial charge in [0.2, 0.25) is 5.91 Å². The maximum atomic E-state index is 13.3. The molecule has 0 aromatic heterocycles. The molecule has 1 atom stereocenters. The van der Waals surface area contributed by atoms with Gasteiger partial charge in [0.1, 0.15) is 0 Å². The number of benzene rings is 3. The number of nitro groups is 1. The standard InChI is InChI=1S/C23H19ClN2O5/c1-30-20-11-15-12-22(27)25(17-7-9-18(10-8-17)26(28)29)23(19(15)13-21(20)31-2)14-3-5-16(24)6-4-14/h3-11,13,23H,12H2,1-2H3/t23-/m1/s1. The predicted molar refractivity (Wildman–Crippen MR) is 117 cm³/mol. The Morgan fingerprint density at radius 2 is 1.61 bits per heavy atom. The van der Waals surface area contributed by atoms with Crippen LogP contribution in [0, 0.1) is 10.1 Å². The number of ether oxygens (including phenoxy) is 2. The third kappa shape index (κ3) is 3.80. The SMILES string of the molecule is COc1cc2c(cc1OC)[C@@H](c1ccc(Cl)cc1)N(c1ccc([N+](=O)[O-])cc1)C(=O)C2. The molecule has 7 nitrogen and oxygen atoms in total. The number of amides is 1. The van der Waals surface area contributed by atoms with Crippen LogP contribution in [0.2, 0.25) is 5.02 Å². The van der Waals surface area contributed by atoms with E-state index in [4.69, 9.17) is 21.1 Å². The molecule has 1 heterocycles. The Bertz CT molecular complexity index is 1150. The van der Waals surface area contributed by atoms with Crippen LogP contribution in [0.1, 0.15) is 22.7 Å². The van der Waals surface area contributed by atoms with E-state index in [1.807, 2.05) is 24.3 Å². The Kier molecular flexibility index (Phi) is 5.52. The van der Waals surface area contributed by atoms with Gasteiger partial charge in [-0.3, -0.25) is 14.9 Å². The van der Waals surface area contributed by atoms with Gasteiger partial charge >= 0.3 is 0 Å². The van der Waals surface area contributed by atoms with E-state index in [1.165, 1.54) is 12.1 Å². The first-order valence-corrected chi connectivity index (χ1v) is 9.87. The lowest BCUT2D eigenvalue weighted by atomic mass is 9.87. The number of carbonyl (C=O) groups excluding carboxylic acids is 1. The normalized spacial score (nSPS) is 15.4. The fourth-order valence-electron chi connectivity index (χ4n) is 3.88. The summed E-state index contributed by atoms with van der Waals surface area (Å²) in [5, 5.41) is 11.6. The van der Waals surface area contributed by atoms with Gasteiger partial charge in [-0.15, -0.1) is 0 Å². The maximum Gasteiger partial charge on any atom is 0.269 e. The minimum absolute atomic E-state index is 0.0388. The van der Waals surface area contributed by atoms with Gasteiger partial charge in [-0.2, -0.15) is 0 Å². The zero-order valence-corrected chi connectivity index (χ0v) is 17.6. The van der Waals surface area contributed by atoms with Gasteiger partial charge in [0, 0.05) is 22.8 Å². The van der Waals surface area contributed by atoms with Crippen molar-refractivity contribution in [2.45, 2.75) is 12.5 Å². The molecular formula is C23H19ClN2O5. The van der Waals surface area contributed by atoms with Gasteiger partial charge in [0.25, 0.3) is 5.69 Å². The van der Waals surface area contributed by atoms with Gasteiger partial charge in [-0.25, -0.2) is 0 Å². The summed E-state index contributed by atoms with van der Waals surface area (Å²) in [4.78, 5) is 25.5. The molecule has 1 aliphatic heterocycles. The van der Waals surface area contributed by atoms with Crippen molar-refractivity contribution in [1.29, 1.82) is 0 Å². The van der Waals surface area contributed by atoms with Crippen LogP contribution in [-0.4, -0.2) is 25.1 Å². The third-order valence-electron chi connectivity index (χ3n) is 5.33. The monoisotopic (exact) mass is 438 g/mol. The van der Waals surface area contributed by atoms with Gasteiger partial charge in [0.15, 0.2) is 11.5 Å². The number of fused-ring (bicyclic) bond motifs is 1. The number of hydrogen-bond donors (Lipinski definition) is 0. The molecule has 0 saturated heterocycles. The Hall–Kier alpha value is -3.58. The number of anilines is 1. The quantitative estimate of drug-likeness (QED) is 0.416. The summed E-state index contributed by atoms with van der Waals surface area (Å²) in [5.41, 5.74) is 3.10. The van der Waals surface area contributed by atoms with Gasteiger partial charge in [-0.1, -0.05) is 23.7 Å². The van der Waals surface area contributed by atoms with E-state index in [2.05, 4.69) is 0 Å². The Morgan fingerprint density at radius 3 is 2.19 bits per heavy atom. The largest absolute Gasteiger partial charge is 0.493 e. The van der Waals surface area contributed by atoms with E-state index in [0.29, 0.717) is 22.2 Å². The predicted octanol–water partition coefficient (Wildman–Crippen LogP) is 4.94. The lowest BCUT2D eigenvalue weighted by Gasteiger charge is -2.38. The zero-order valence-electron chi connectivity index (χ0n) is 16.9. The summed E-state index contributed by atoms with van der Waals surface area (Å²) in [6.07, 6.45) is 0.163. The first-order valence-electron chi connectivity index (χ1n) is 9.49. The van der Waals surface area contributed by atoms with Gasteiger partial charge in [-0.05, 0) is 53.1 Å². The van der Waals surface area contributed by atoms with Crippen LogP contribution in [0.15, 0.2) is 60.7 Å². The van der Waals surface area contributed by atoms with Crippen LogP contribution in [0.25, 0.3) is 0 Å². The highest BCUT2D eigenvalue weighted by molar-refractivity contribution is 6.30. The number of rotatable bonds is 5. The summed E-state index contributed by atoms with van der Waals surface area (Å²) in [7, 11) is 3.11. The highest BCUT2D eigenvalue weighted by Crippen LogP contribution is 2.43. The minimum atomic E-state index is -0.467. The highest BCUT2D eigenvalue weighted by atomic mass is 35.5. The molecule has 4 rings (SSSR count). The first kappa shape index (κ1) is 20.7. The molecule has 31 heavy (non-hydrogen) atoms. The van der Waals surface area contributed by atoms with Crippen LogP contribution in [-0.2, 0) is 11.2 Å². The zero-order chi connectivity index (χ0) is 22.1. The number of nitro benzene ring substituents is 1. The van der Waals surface area contributed by atoms with Crippen LogP contribution >= 0.6 is 11.6 Å². The number of halogens is 1. The Labute approximate surface area is 183 Å². The molecule has 0 fully saturated rings. The Morgan fingerprint density at radius 1 is 1.00 bits per heavy atom. The molecule has 0 saturated carbocycles. The Balaban J connectivity index is 1.91. The lowest BCUT2D eigenvalue weighted by Crippen LogP contribution is -2.41. The molecule has 3 aromatic rings. The van der Waals surface area contributed by atoms with Crippen LogP contribution in [0.3, 0.4) is 0 Å². The van der Waals surface area contributed by atoms with Crippen molar-refractivity contribution < 1.29 is 19.2 Å². The summed E-state index contributed by atoms with van der Waals surface area (Å²) in [5.74, 6) is 0.972. The van der Waals surface area contributed by atoms with E-state index in [0.717, 1.165) is 16.7 Å². The van der Waals surface area contributed by atoms with E-state index in [1.54, 1.807) is 43.4 Å². The van der Waals surface area contributed by atoms with Crippen molar-refractivity contribution in [3.63, 3.8) is 0 Å². The van der Waals surface area contributed by atoms with Gasteiger partial charge in [0.05, 0.1) is 31.6 Å². The molecule has 8 heteroatoms. The third-order valence-corrected chi connectivity index (χ3v) is 5.58. The molecule has 0 unspecified atom stereocenters. The summed E-state index contributed by atoms with van der Waals surface area (Å²) >= 11 is 6.09. The smallest absolute Gasteiger partial charge is 0.269 e.